The minimum Gasteiger partial charge on any atom is -0.452 e. The van der Waals surface area contributed by atoms with Crippen molar-refractivity contribution < 1.29 is 23.9 Å². The number of hydrogen-bond acceptors (Lipinski definition) is 5. The molecule has 7 heteroatoms. The predicted octanol–water partition coefficient (Wildman–Crippen LogP) is 2.50. The molecule has 148 valence electrons. The number of nitrogens with zero attached hydrogens (tertiary/aromatic N) is 1. The molecule has 2 aromatic carbocycles. The Balaban J connectivity index is 1.61. The number of imide groups is 1. The molecule has 1 aliphatic rings. The minimum absolute atomic E-state index is 0.0892. The third kappa shape index (κ3) is 4.24. The lowest BCUT2D eigenvalue weighted by atomic mass is 10.1. The summed E-state index contributed by atoms with van der Waals surface area (Å²) in [7, 11) is 0. The maximum atomic E-state index is 12.3. The fourth-order valence-corrected chi connectivity index (χ4v) is 3.04. The van der Waals surface area contributed by atoms with Crippen LogP contribution in [0.3, 0.4) is 0 Å². The number of carbonyl (C=O) groups excluding carboxylic acids is 4. The standard InChI is InChI=1S/C22H20N2O5/c1-3-11-24-20(26)17-10-9-16(12-18(17)21(24)27)22(28)29-13-19(25)23-14(2)15-7-5-4-6-8-15/h3-10,12,14H,1,11,13H2,2H3,(H,23,25)/t14-/m1/s1. The number of hydrogen-bond donors (Lipinski definition) is 1. The molecule has 1 N–H and O–H groups in total. The van der Waals surface area contributed by atoms with Gasteiger partial charge >= 0.3 is 5.97 Å². The van der Waals surface area contributed by atoms with E-state index in [0.717, 1.165) is 10.5 Å². The van der Waals surface area contributed by atoms with Crippen molar-refractivity contribution in [2.75, 3.05) is 13.2 Å². The molecular formula is C22H20N2O5. The van der Waals surface area contributed by atoms with Gasteiger partial charge in [0.15, 0.2) is 6.61 Å². The lowest BCUT2D eigenvalue weighted by Gasteiger charge is -2.14. The van der Waals surface area contributed by atoms with E-state index in [9.17, 15) is 19.2 Å². The van der Waals surface area contributed by atoms with Gasteiger partial charge in [-0.15, -0.1) is 6.58 Å². The molecule has 0 saturated carbocycles. The Kier molecular flexibility index (Phi) is 5.87. The van der Waals surface area contributed by atoms with Crippen molar-refractivity contribution in [2.24, 2.45) is 0 Å². The normalized spacial score (nSPS) is 13.6. The maximum Gasteiger partial charge on any atom is 0.338 e. The summed E-state index contributed by atoms with van der Waals surface area (Å²) in [6.07, 6.45) is 1.45. The molecular weight excluding hydrogens is 372 g/mol. The highest BCUT2D eigenvalue weighted by Crippen LogP contribution is 2.24. The van der Waals surface area contributed by atoms with Crippen LogP contribution in [0.15, 0.2) is 61.2 Å². The van der Waals surface area contributed by atoms with E-state index >= 15 is 0 Å². The first-order valence-corrected chi connectivity index (χ1v) is 9.05. The lowest BCUT2D eigenvalue weighted by Crippen LogP contribution is -2.31. The molecule has 0 fully saturated rings. The summed E-state index contributed by atoms with van der Waals surface area (Å²) in [6, 6.07) is 13.3. The molecule has 0 radical (unpaired) electrons. The van der Waals surface area contributed by atoms with Crippen molar-refractivity contribution in [3.63, 3.8) is 0 Å². The van der Waals surface area contributed by atoms with Gasteiger partial charge in [0, 0.05) is 6.54 Å². The molecule has 7 nitrogen and oxygen atoms in total. The SMILES string of the molecule is C=CCN1C(=O)c2ccc(C(=O)OCC(=O)N[C@H](C)c3ccccc3)cc2C1=O. The fraction of sp³-hybridized carbons (Fsp3) is 0.182. The second-order valence-electron chi connectivity index (χ2n) is 6.55. The molecule has 0 bridgehead atoms. The number of ether oxygens (including phenoxy) is 1. The van der Waals surface area contributed by atoms with Crippen LogP contribution < -0.4 is 5.32 Å². The monoisotopic (exact) mass is 392 g/mol. The molecule has 0 aromatic heterocycles. The zero-order chi connectivity index (χ0) is 21.0. The summed E-state index contributed by atoms with van der Waals surface area (Å²) in [6.45, 7) is 4.98. The van der Waals surface area contributed by atoms with Crippen LogP contribution in [0.5, 0.6) is 0 Å². The van der Waals surface area contributed by atoms with Crippen molar-refractivity contribution in [2.45, 2.75) is 13.0 Å². The van der Waals surface area contributed by atoms with E-state index in [1.807, 2.05) is 37.3 Å². The summed E-state index contributed by atoms with van der Waals surface area (Å²) < 4.78 is 5.05. The second kappa shape index (κ2) is 8.52. The fourth-order valence-electron chi connectivity index (χ4n) is 3.04. The molecule has 0 aliphatic carbocycles. The molecule has 29 heavy (non-hydrogen) atoms. The number of rotatable bonds is 7. The number of carbonyl (C=O) groups is 4. The Hall–Kier alpha value is -3.74. The molecule has 1 atom stereocenters. The van der Waals surface area contributed by atoms with Crippen LogP contribution in [-0.4, -0.2) is 41.7 Å². The van der Waals surface area contributed by atoms with Gasteiger partial charge in [-0.2, -0.15) is 0 Å². The van der Waals surface area contributed by atoms with Crippen LogP contribution >= 0.6 is 0 Å². The first-order chi connectivity index (χ1) is 13.9. The van der Waals surface area contributed by atoms with Crippen molar-refractivity contribution in [1.82, 2.24) is 10.2 Å². The van der Waals surface area contributed by atoms with Crippen LogP contribution in [0.1, 0.15) is 49.6 Å². The molecule has 0 spiro atoms. The largest absolute Gasteiger partial charge is 0.452 e. The van der Waals surface area contributed by atoms with Gasteiger partial charge in [-0.1, -0.05) is 36.4 Å². The molecule has 1 aliphatic heterocycles. The van der Waals surface area contributed by atoms with E-state index in [4.69, 9.17) is 4.74 Å². The Bertz CT molecular complexity index is 984. The van der Waals surface area contributed by atoms with Gasteiger partial charge in [-0.05, 0) is 30.7 Å². The van der Waals surface area contributed by atoms with E-state index in [1.165, 1.54) is 24.3 Å². The second-order valence-corrected chi connectivity index (χ2v) is 6.55. The third-order valence-corrected chi connectivity index (χ3v) is 4.53. The first-order valence-electron chi connectivity index (χ1n) is 9.05. The van der Waals surface area contributed by atoms with Crippen LogP contribution in [-0.2, 0) is 9.53 Å². The number of nitrogens with one attached hydrogen (secondary N) is 1. The van der Waals surface area contributed by atoms with Gasteiger partial charge in [0.05, 0.1) is 22.7 Å². The Labute approximate surface area is 168 Å². The van der Waals surface area contributed by atoms with Gasteiger partial charge in [0.1, 0.15) is 0 Å². The van der Waals surface area contributed by atoms with Crippen LogP contribution in [0, 0.1) is 0 Å². The maximum absolute atomic E-state index is 12.3. The number of fused-ring (bicyclic) bond motifs is 1. The van der Waals surface area contributed by atoms with Crippen molar-refractivity contribution in [3.8, 4) is 0 Å². The molecule has 0 unspecified atom stereocenters. The number of esters is 1. The van der Waals surface area contributed by atoms with E-state index in [0.29, 0.717) is 0 Å². The highest BCUT2D eigenvalue weighted by atomic mass is 16.5. The van der Waals surface area contributed by atoms with Crippen LogP contribution in [0.25, 0.3) is 0 Å². The molecule has 2 aromatic rings. The smallest absolute Gasteiger partial charge is 0.338 e. The van der Waals surface area contributed by atoms with E-state index < -0.39 is 30.3 Å². The molecule has 3 rings (SSSR count). The number of benzene rings is 2. The highest BCUT2D eigenvalue weighted by Gasteiger charge is 2.35. The zero-order valence-corrected chi connectivity index (χ0v) is 15.9. The van der Waals surface area contributed by atoms with Crippen LogP contribution in [0.2, 0.25) is 0 Å². The predicted molar refractivity (Wildman–Crippen MR) is 105 cm³/mol. The van der Waals surface area contributed by atoms with Gasteiger partial charge in [-0.3, -0.25) is 19.3 Å². The molecule has 3 amide bonds. The van der Waals surface area contributed by atoms with E-state index in [1.54, 1.807) is 0 Å². The average Bonchev–Trinajstić information content (AvgIpc) is 2.97. The Morgan fingerprint density at radius 3 is 2.48 bits per heavy atom. The Morgan fingerprint density at radius 2 is 1.79 bits per heavy atom. The molecule has 1 heterocycles. The van der Waals surface area contributed by atoms with E-state index in [-0.39, 0.29) is 29.3 Å². The molecule has 0 saturated heterocycles. The van der Waals surface area contributed by atoms with E-state index in [2.05, 4.69) is 11.9 Å². The van der Waals surface area contributed by atoms with Crippen molar-refractivity contribution in [1.29, 1.82) is 0 Å². The lowest BCUT2D eigenvalue weighted by molar-refractivity contribution is -0.124. The highest BCUT2D eigenvalue weighted by molar-refractivity contribution is 6.22. The summed E-state index contributed by atoms with van der Waals surface area (Å²) in [5.74, 6) is -2.12. The summed E-state index contributed by atoms with van der Waals surface area (Å²) in [5.41, 5.74) is 1.38. The summed E-state index contributed by atoms with van der Waals surface area (Å²) >= 11 is 0. The van der Waals surface area contributed by atoms with Gasteiger partial charge in [0.2, 0.25) is 0 Å². The first kappa shape index (κ1) is 20.0. The quantitative estimate of drug-likeness (QED) is 0.444. The average molecular weight is 392 g/mol. The Morgan fingerprint density at radius 1 is 1.10 bits per heavy atom. The van der Waals surface area contributed by atoms with Gasteiger partial charge in [0.25, 0.3) is 17.7 Å². The van der Waals surface area contributed by atoms with Crippen molar-refractivity contribution >= 4 is 23.7 Å². The third-order valence-electron chi connectivity index (χ3n) is 4.53. The number of amides is 3. The van der Waals surface area contributed by atoms with Crippen LogP contribution in [0.4, 0.5) is 0 Å². The zero-order valence-electron chi connectivity index (χ0n) is 15.9. The van der Waals surface area contributed by atoms with Gasteiger partial charge < -0.3 is 10.1 Å². The summed E-state index contributed by atoms with van der Waals surface area (Å²) in [4.78, 5) is 49.9. The minimum atomic E-state index is -0.752. The van der Waals surface area contributed by atoms with Gasteiger partial charge in [-0.25, -0.2) is 4.79 Å². The summed E-state index contributed by atoms with van der Waals surface area (Å²) in [5, 5.41) is 2.75. The van der Waals surface area contributed by atoms with Crippen molar-refractivity contribution in [3.05, 3.63) is 83.4 Å². The topological polar surface area (TPSA) is 92.8 Å².